The SMILES string of the molecule is CCC(N)CS(=O)(=O)Cc1c(F)ccc(Br)c1F. The normalized spacial score (nSPS) is 13.6. The molecule has 0 amide bonds. The molecule has 1 aromatic carbocycles. The molecule has 1 rings (SSSR count). The van der Waals surface area contributed by atoms with E-state index >= 15 is 0 Å². The third kappa shape index (κ3) is 4.00. The van der Waals surface area contributed by atoms with Crippen molar-refractivity contribution in [2.24, 2.45) is 5.73 Å². The minimum atomic E-state index is -3.63. The van der Waals surface area contributed by atoms with Crippen LogP contribution in [0.5, 0.6) is 0 Å². The first-order chi connectivity index (χ1) is 8.26. The number of hydrogen-bond donors (Lipinski definition) is 1. The lowest BCUT2D eigenvalue weighted by Gasteiger charge is -2.11. The lowest BCUT2D eigenvalue weighted by molar-refractivity contribution is 0.549. The quantitative estimate of drug-likeness (QED) is 0.836. The van der Waals surface area contributed by atoms with Gasteiger partial charge < -0.3 is 5.73 Å². The van der Waals surface area contributed by atoms with Crippen molar-refractivity contribution in [1.82, 2.24) is 0 Å². The van der Waals surface area contributed by atoms with Crippen molar-refractivity contribution < 1.29 is 17.2 Å². The second kappa shape index (κ2) is 6.08. The molecule has 0 saturated carbocycles. The predicted molar refractivity (Wildman–Crippen MR) is 69.8 cm³/mol. The predicted octanol–water partition coefficient (Wildman–Crippen LogP) is 2.38. The third-order valence-corrected chi connectivity index (χ3v) is 4.77. The second-order valence-electron chi connectivity index (χ2n) is 4.04. The molecule has 0 aliphatic heterocycles. The van der Waals surface area contributed by atoms with Gasteiger partial charge in [-0.25, -0.2) is 17.2 Å². The molecule has 0 heterocycles. The van der Waals surface area contributed by atoms with E-state index in [0.29, 0.717) is 6.42 Å². The Kier molecular flexibility index (Phi) is 5.24. The van der Waals surface area contributed by atoms with Crippen LogP contribution in [0.4, 0.5) is 8.78 Å². The van der Waals surface area contributed by atoms with Crippen LogP contribution in [0.3, 0.4) is 0 Å². The highest BCUT2D eigenvalue weighted by Gasteiger charge is 2.21. The summed E-state index contributed by atoms with van der Waals surface area (Å²) in [6, 6.07) is 1.70. The van der Waals surface area contributed by atoms with Crippen LogP contribution >= 0.6 is 15.9 Å². The molecule has 0 bridgehead atoms. The fourth-order valence-electron chi connectivity index (χ4n) is 1.42. The summed E-state index contributed by atoms with van der Waals surface area (Å²) in [5.74, 6) is -2.72. The lowest BCUT2D eigenvalue weighted by atomic mass is 10.2. The van der Waals surface area contributed by atoms with Gasteiger partial charge in [0.1, 0.15) is 11.6 Å². The zero-order valence-corrected chi connectivity index (χ0v) is 12.2. The van der Waals surface area contributed by atoms with Gasteiger partial charge in [-0.2, -0.15) is 0 Å². The Hall–Kier alpha value is -0.530. The first-order valence-electron chi connectivity index (χ1n) is 5.35. The van der Waals surface area contributed by atoms with E-state index < -0.39 is 38.8 Å². The Morgan fingerprint density at radius 3 is 2.56 bits per heavy atom. The van der Waals surface area contributed by atoms with Gasteiger partial charge in [-0.1, -0.05) is 6.92 Å². The monoisotopic (exact) mass is 341 g/mol. The van der Waals surface area contributed by atoms with E-state index in [2.05, 4.69) is 15.9 Å². The Bertz CT molecular complexity index is 534. The molecular formula is C11H14BrF2NO2S. The van der Waals surface area contributed by atoms with Gasteiger partial charge in [0.05, 0.1) is 16.0 Å². The minimum absolute atomic E-state index is 0.0360. The topological polar surface area (TPSA) is 60.2 Å². The second-order valence-corrected chi connectivity index (χ2v) is 7.01. The largest absolute Gasteiger partial charge is 0.327 e. The molecule has 1 aromatic rings. The van der Waals surface area contributed by atoms with E-state index in [0.717, 1.165) is 6.07 Å². The van der Waals surface area contributed by atoms with Crippen LogP contribution in [0.1, 0.15) is 18.9 Å². The zero-order valence-electron chi connectivity index (χ0n) is 9.79. The standard InChI is InChI=1S/C11H14BrF2NO2S/c1-2-7(15)5-18(16,17)6-8-10(13)4-3-9(12)11(8)14/h3-4,7H,2,5-6,15H2,1H3. The first kappa shape index (κ1) is 15.5. The first-order valence-corrected chi connectivity index (χ1v) is 7.96. The van der Waals surface area contributed by atoms with E-state index in [9.17, 15) is 17.2 Å². The zero-order chi connectivity index (χ0) is 13.9. The molecule has 0 fully saturated rings. The van der Waals surface area contributed by atoms with Gasteiger partial charge in [-0.05, 0) is 34.5 Å². The maximum Gasteiger partial charge on any atom is 0.156 e. The highest BCUT2D eigenvalue weighted by Crippen LogP contribution is 2.23. The molecule has 0 radical (unpaired) electrons. The van der Waals surface area contributed by atoms with Crippen molar-refractivity contribution in [3.05, 3.63) is 33.8 Å². The van der Waals surface area contributed by atoms with Crippen LogP contribution in [-0.4, -0.2) is 20.2 Å². The van der Waals surface area contributed by atoms with E-state index in [1.165, 1.54) is 6.07 Å². The number of nitrogens with two attached hydrogens (primary N) is 1. The van der Waals surface area contributed by atoms with Crippen LogP contribution in [0.25, 0.3) is 0 Å². The number of benzene rings is 1. The molecule has 0 aliphatic carbocycles. The van der Waals surface area contributed by atoms with Crippen molar-refractivity contribution in [3.8, 4) is 0 Å². The van der Waals surface area contributed by atoms with Crippen LogP contribution in [0, 0.1) is 11.6 Å². The van der Waals surface area contributed by atoms with Gasteiger partial charge in [-0.15, -0.1) is 0 Å². The Balaban J connectivity index is 3.01. The summed E-state index contributed by atoms with van der Waals surface area (Å²) < 4.78 is 50.6. The molecule has 1 atom stereocenters. The van der Waals surface area contributed by atoms with Gasteiger partial charge in [0.15, 0.2) is 9.84 Å². The fourth-order valence-corrected chi connectivity index (χ4v) is 3.51. The summed E-state index contributed by atoms with van der Waals surface area (Å²) in [7, 11) is -3.63. The molecule has 0 spiro atoms. The lowest BCUT2D eigenvalue weighted by Crippen LogP contribution is -2.29. The molecule has 7 heteroatoms. The summed E-state index contributed by atoms with van der Waals surface area (Å²) in [4.78, 5) is 0. The summed E-state index contributed by atoms with van der Waals surface area (Å²) >= 11 is 2.89. The highest BCUT2D eigenvalue weighted by molar-refractivity contribution is 9.10. The molecule has 0 aromatic heterocycles. The van der Waals surface area contributed by atoms with Crippen molar-refractivity contribution in [1.29, 1.82) is 0 Å². The summed E-state index contributed by atoms with van der Waals surface area (Å²) in [5, 5.41) is 0. The van der Waals surface area contributed by atoms with Gasteiger partial charge in [0.25, 0.3) is 0 Å². The van der Waals surface area contributed by atoms with E-state index in [-0.39, 0.29) is 10.2 Å². The molecule has 18 heavy (non-hydrogen) atoms. The summed E-state index contributed by atoms with van der Waals surface area (Å²) in [5.41, 5.74) is 5.09. The average Bonchev–Trinajstić information content (AvgIpc) is 2.29. The average molecular weight is 342 g/mol. The highest BCUT2D eigenvalue weighted by atomic mass is 79.9. The molecule has 1 unspecified atom stereocenters. The molecule has 0 aliphatic rings. The number of rotatable bonds is 5. The van der Waals surface area contributed by atoms with Crippen molar-refractivity contribution >= 4 is 25.8 Å². The number of sulfone groups is 1. The molecular weight excluding hydrogens is 328 g/mol. The van der Waals surface area contributed by atoms with Crippen LogP contribution in [0.2, 0.25) is 0 Å². The fraction of sp³-hybridized carbons (Fsp3) is 0.455. The van der Waals surface area contributed by atoms with Gasteiger partial charge in [0, 0.05) is 11.6 Å². The smallest absolute Gasteiger partial charge is 0.156 e. The third-order valence-electron chi connectivity index (χ3n) is 2.50. The van der Waals surface area contributed by atoms with Gasteiger partial charge in [0.2, 0.25) is 0 Å². The minimum Gasteiger partial charge on any atom is -0.327 e. The van der Waals surface area contributed by atoms with Crippen molar-refractivity contribution in [2.75, 3.05) is 5.75 Å². The van der Waals surface area contributed by atoms with Crippen molar-refractivity contribution in [3.63, 3.8) is 0 Å². The van der Waals surface area contributed by atoms with Gasteiger partial charge >= 0.3 is 0 Å². The molecule has 3 nitrogen and oxygen atoms in total. The molecule has 0 saturated heterocycles. The Morgan fingerprint density at radius 1 is 1.39 bits per heavy atom. The van der Waals surface area contributed by atoms with Gasteiger partial charge in [-0.3, -0.25) is 0 Å². The Morgan fingerprint density at radius 2 is 2.00 bits per heavy atom. The number of halogens is 3. The maximum absolute atomic E-state index is 13.6. The van der Waals surface area contributed by atoms with Crippen LogP contribution in [-0.2, 0) is 15.6 Å². The van der Waals surface area contributed by atoms with Crippen molar-refractivity contribution in [2.45, 2.75) is 25.1 Å². The van der Waals surface area contributed by atoms with E-state index in [1.54, 1.807) is 6.92 Å². The summed E-state index contributed by atoms with van der Waals surface area (Å²) in [6.07, 6.45) is 0.489. The summed E-state index contributed by atoms with van der Waals surface area (Å²) in [6.45, 7) is 1.75. The Labute approximate surface area is 113 Å². The molecule has 2 N–H and O–H groups in total. The van der Waals surface area contributed by atoms with E-state index in [1.807, 2.05) is 0 Å². The molecule has 102 valence electrons. The maximum atomic E-state index is 13.6. The number of hydrogen-bond acceptors (Lipinski definition) is 3. The van der Waals surface area contributed by atoms with Crippen LogP contribution in [0.15, 0.2) is 16.6 Å². The van der Waals surface area contributed by atoms with E-state index in [4.69, 9.17) is 5.73 Å². The van der Waals surface area contributed by atoms with Crippen LogP contribution < -0.4 is 5.73 Å².